The second-order valence-electron chi connectivity index (χ2n) is 6.38. The lowest BCUT2D eigenvalue weighted by Gasteiger charge is -2.25. The molecule has 3 atom stereocenters. The van der Waals surface area contributed by atoms with Crippen molar-refractivity contribution in [3.8, 4) is 5.75 Å². The third-order valence-electron chi connectivity index (χ3n) is 4.47. The quantitative estimate of drug-likeness (QED) is 0.799. The second kappa shape index (κ2) is 7.52. The lowest BCUT2D eigenvalue weighted by atomic mass is 10.1. The Hall–Kier alpha value is -2.06. The van der Waals surface area contributed by atoms with Crippen molar-refractivity contribution in [2.24, 2.45) is 0 Å². The Balaban J connectivity index is 1.35. The van der Waals surface area contributed by atoms with Gasteiger partial charge in [-0.1, -0.05) is 18.2 Å². The first-order valence-electron chi connectivity index (χ1n) is 8.50. The molecule has 0 bridgehead atoms. The molecule has 1 N–H and O–H groups in total. The van der Waals surface area contributed by atoms with E-state index in [1.807, 2.05) is 30.1 Å². The van der Waals surface area contributed by atoms with Gasteiger partial charge in [0.05, 0.1) is 25.5 Å². The van der Waals surface area contributed by atoms with E-state index in [9.17, 15) is 14.0 Å². The van der Waals surface area contributed by atoms with Crippen LogP contribution in [0.2, 0.25) is 0 Å². The number of hydrogen-bond acceptors (Lipinski definition) is 6. The number of aryl methyl sites for hydroxylation is 1. The Morgan fingerprint density at radius 3 is 3.07 bits per heavy atom. The van der Waals surface area contributed by atoms with Crippen LogP contribution in [-0.2, 0) is 20.4 Å². The van der Waals surface area contributed by atoms with Crippen molar-refractivity contribution in [3.05, 3.63) is 62.2 Å². The average molecular weight is 396 g/mol. The van der Waals surface area contributed by atoms with Gasteiger partial charge in [-0.3, -0.25) is 23.4 Å². The Morgan fingerprint density at radius 2 is 2.22 bits per heavy atom. The normalized spacial score (nSPS) is 24.4. The monoisotopic (exact) mass is 396 g/mol. The molecule has 0 radical (unpaired) electrons. The first kappa shape index (κ1) is 18.3. The maximum atomic E-state index is 13.4. The zero-order chi connectivity index (χ0) is 19.0. The highest BCUT2D eigenvalue weighted by Gasteiger charge is 2.31. The van der Waals surface area contributed by atoms with E-state index in [0.717, 1.165) is 27.6 Å². The molecule has 0 aliphatic carbocycles. The van der Waals surface area contributed by atoms with Crippen LogP contribution >= 0.6 is 8.60 Å². The van der Waals surface area contributed by atoms with E-state index < -0.39 is 31.9 Å². The third-order valence-corrected chi connectivity index (χ3v) is 5.50. The fourth-order valence-corrected chi connectivity index (χ4v) is 4.20. The minimum absolute atomic E-state index is 0.226. The minimum atomic E-state index is -1.53. The topological polar surface area (TPSA) is 91.8 Å². The highest BCUT2D eigenvalue weighted by atomic mass is 31.2. The molecule has 144 valence electrons. The first-order valence-corrected chi connectivity index (χ1v) is 9.59. The number of halogens is 1. The van der Waals surface area contributed by atoms with Crippen LogP contribution in [0.25, 0.3) is 0 Å². The van der Waals surface area contributed by atoms with Gasteiger partial charge in [-0.2, -0.15) is 4.39 Å². The van der Waals surface area contributed by atoms with Gasteiger partial charge in [0.25, 0.3) is 5.56 Å². The van der Waals surface area contributed by atoms with Crippen LogP contribution in [0.3, 0.4) is 0 Å². The predicted molar refractivity (Wildman–Crippen MR) is 93.9 cm³/mol. The summed E-state index contributed by atoms with van der Waals surface area (Å²) < 4.78 is 37.4. The molecule has 0 spiro atoms. The molecule has 1 fully saturated rings. The van der Waals surface area contributed by atoms with Crippen LogP contribution < -0.4 is 15.8 Å². The van der Waals surface area contributed by atoms with Crippen molar-refractivity contribution in [1.29, 1.82) is 0 Å². The van der Waals surface area contributed by atoms with Crippen molar-refractivity contribution in [1.82, 2.24) is 9.55 Å². The maximum absolute atomic E-state index is 13.4. The summed E-state index contributed by atoms with van der Waals surface area (Å²) in [7, 11) is -1.53. The number of nitrogens with one attached hydrogen (secondary N) is 1. The van der Waals surface area contributed by atoms with Gasteiger partial charge in [-0.15, -0.1) is 0 Å². The van der Waals surface area contributed by atoms with E-state index in [1.165, 1.54) is 0 Å². The fraction of sp³-hybridized carbons (Fsp3) is 0.412. The van der Waals surface area contributed by atoms with Crippen LogP contribution in [0.1, 0.15) is 30.2 Å². The smallest absolute Gasteiger partial charge is 0.397 e. The van der Waals surface area contributed by atoms with Gasteiger partial charge in [-0.05, 0) is 25.3 Å². The number of para-hydroxylation sites is 1. The number of benzene rings is 1. The van der Waals surface area contributed by atoms with Gasteiger partial charge >= 0.3 is 14.3 Å². The van der Waals surface area contributed by atoms with Gasteiger partial charge in [0, 0.05) is 5.56 Å². The van der Waals surface area contributed by atoms with E-state index in [0.29, 0.717) is 19.4 Å². The largest absolute Gasteiger partial charge is 0.426 e. The molecule has 10 heteroatoms. The summed E-state index contributed by atoms with van der Waals surface area (Å²) in [6.07, 6.45) is 1.05. The van der Waals surface area contributed by atoms with Crippen molar-refractivity contribution >= 4 is 8.60 Å². The molecule has 2 aromatic rings. The molecule has 8 nitrogen and oxygen atoms in total. The maximum Gasteiger partial charge on any atom is 0.397 e. The molecule has 3 heterocycles. The van der Waals surface area contributed by atoms with E-state index in [-0.39, 0.29) is 12.7 Å². The molecular weight excluding hydrogens is 378 g/mol. The fourth-order valence-electron chi connectivity index (χ4n) is 3.08. The van der Waals surface area contributed by atoms with Crippen molar-refractivity contribution in [3.63, 3.8) is 0 Å². The number of aromatic amines is 1. The number of aromatic nitrogens is 2. The van der Waals surface area contributed by atoms with E-state index in [2.05, 4.69) is 0 Å². The molecule has 1 aromatic heterocycles. The number of nitrogens with zero attached hydrogens (tertiary/aromatic N) is 1. The van der Waals surface area contributed by atoms with E-state index in [4.69, 9.17) is 18.3 Å². The molecule has 1 saturated heterocycles. The summed E-state index contributed by atoms with van der Waals surface area (Å²) in [5.74, 6) is -0.241. The Labute approximate surface area is 154 Å². The summed E-state index contributed by atoms with van der Waals surface area (Å²) in [6, 6.07) is 5.85. The zero-order valence-corrected chi connectivity index (χ0v) is 15.4. The average Bonchev–Trinajstić information content (AvgIpc) is 3.12. The molecule has 27 heavy (non-hydrogen) atoms. The molecule has 4 rings (SSSR count). The number of hydrogen-bond donors (Lipinski definition) is 1. The summed E-state index contributed by atoms with van der Waals surface area (Å²) in [6.45, 7) is 2.61. The molecule has 2 aliphatic heterocycles. The minimum Gasteiger partial charge on any atom is -0.426 e. The first-order chi connectivity index (χ1) is 13.0. The molecule has 2 aliphatic rings. The Bertz CT molecular complexity index is 961. The number of H-pyrrole nitrogens is 1. The Kier molecular flexibility index (Phi) is 5.10. The van der Waals surface area contributed by atoms with Crippen molar-refractivity contribution in [2.75, 3.05) is 6.61 Å². The third kappa shape index (κ3) is 3.82. The van der Waals surface area contributed by atoms with Crippen molar-refractivity contribution in [2.45, 2.75) is 38.7 Å². The van der Waals surface area contributed by atoms with Gasteiger partial charge in [0.1, 0.15) is 12.0 Å². The van der Waals surface area contributed by atoms with Crippen LogP contribution in [-0.4, -0.2) is 22.3 Å². The molecule has 0 amide bonds. The van der Waals surface area contributed by atoms with Gasteiger partial charge in [-0.25, -0.2) is 4.79 Å². The summed E-state index contributed by atoms with van der Waals surface area (Å²) >= 11 is 0. The summed E-state index contributed by atoms with van der Waals surface area (Å²) in [5.41, 5.74) is 0.250. The number of fused-ring (bicyclic) bond motifs is 1. The van der Waals surface area contributed by atoms with Gasteiger partial charge < -0.3 is 9.26 Å². The van der Waals surface area contributed by atoms with Crippen LogP contribution in [0.15, 0.2) is 34.0 Å². The van der Waals surface area contributed by atoms with E-state index in [1.54, 1.807) is 0 Å². The van der Waals surface area contributed by atoms with E-state index >= 15 is 0 Å². The highest BCUT2D eigenvalue weighted by molar-refractivity contribution is 7.42. The number of rotatable bonds is 4. The van der Waals surface area contributed by atoms with Gasteiger partial charge in [0.2, 0.25) is 5.82 Å². The lowest BCUT2D eigenvalue weighted by Crippen LogP contribution is -2.34. The van der Waals surface area contributed by atoms with Crippen LogP contribution in [0.4, 0.5) is 4.39 Å². The molecular formula is C17H18FN2O6P. The standard InChI is InChI=1S/C17H18FN2O6P/c1-10-3-2-4-11-8-23-27(26-15(10)11)24-9-12-5-6-14(25-12)20-7-13(18)16(21)19-17(20)22/h2-4,7,12,14H,5-6,8-9H2,1H3,(H,19,21,22). The highest BCUT2D eigenvalue weighted by Crippen LogP contribution is 2.48. The lowest BCUT2D eigenvalue weighted by molar-refractivity contribution is -0.0233. The predicted octanol–water partition coefficient (Wildman–Crippen LogP) is 2.51. The molecule has 1 aromatic carbocycles. The van der Waals surface area contributed by atoms with Crippen LogP contribution in [0.5, 0.6) is 5.75 Å². The van der Waals surface area contributed by atoms with Crippen LogP contribution in [0, 0.1) is 12.7 Å². The summed E-state index contributed by atoms with van der Waals surface area (Å²) in [4.78, 5) is 24.9. The zero-order valence-electron chi connectivity index (χ0n) is 14.5. The molecule has 0 saturated carbocycles. The SMILES string of the molecule is Cc1cccc2c1OP(OCC1CCC(n3cc(F)c(=O)[nH]c3=O)O1)OC2. The molecule has 3 unspecified atom stereocenters. The van der Waals surface area contributed by atoms with Gasteiger partial charge in [0.15, 0.2) is 0 Å². The second-order valence-corrected chi connectivity index (χ2v) is 7.53. The van der Waals surface area contributed by atoms with Crippen molar-refractivity contribution < 1.29 is 22.7 Å². The summed E-state index contributed by atoms with van der Waals surface area (Å²) in [5, 5.41) is 0. The number of ether oxygens (including phenoxy) is 1. The Morgan fingerprint density at radius 1 is 1.37 bits per heavy atom.